The number of carbonyl (C=O) groups excluding carboxylic acids is 1. The molecule has 26 heavy (non-hydrogen) atoms. The number of rotatable bonds is 3. The zero-order valence-electron chi connectivity index (χ0n) is 13.3. The quantitative estimate of drug-likeness (QED) is 0.722. The Morgan fingerprint density at radius 3 is 2.62 bits per heavy atom. The maximum Gasteiger partial charge on any atom is 0.308 e. The average molecular weight is 391 g/mol. The molecule has 1 atom stereocenters. The Hall–Kier alpha value is -2.57. The molecule has 1 N–H and O–H groups in total. The highest BCUT2D eigenvalue weighted by atomic mass is 35.5. The van der Waals surface area contributed by atoms with Crippen LogP contribution in [0.15, 0.2) is 40.8 Å². The van der Waals surface area contributed by atoms with Crippen LogP contribution in [0.4, 0.5) is 5.69 Å². The molecule has 132 valence electrons. The molecule has 0 aliphatic carbocycles. The maximum absolute atomic E-state index is 12.0. The lowest BCUT2D eigenvalue weighted by atomic mass is 10.1. The van der Waals surface area contributed by atoms with Gasteiger partial charge in [0.2, 0.25) is 11.8 Å². The van der Waals surface area contributed by atoms with Gasteiger partial charge in [0.1, 0.15) is 5.52 Å². The van der Waals surface area contributed by atoms with E-state index in [0.29, 0.717) is 38.3 Å². The smallest absolute Gasteiger partial charge is 0.308 e. The van der Waals surface area contributed by atoms with Crippen LogP contribution in [0.25, 0.3) is 22.6 Å². The van der Waals surface area contributed by atoms with Gasteiger partial charge in [-0.2, -0.15) is 0 Å². The molecule has 2 aromatic carbocycles. The topological polar surface area (TPSA) is 83.6 Å². The van der Waals surface area contributed by atoms with Gasteiger partial charge in [-0.1, -0.05) is 23.2 Å². The first kappa shape index (κ1) is 16.9. The van der Waals surface area contributed by atoms with Gasteiger partial charge in [-0.25, -0.2) is 4.98 Å². The molecule has 6 nitrogen and oxygen atoms in total. The summed E-state index contributed by atoms with van der Waals surface area (Å²) in [5, 5.41) is 9.93. The largest absolute Gasteiger partial charge is 0.481 e. The Balaban J connectivity index is 1.63. The van der Waals surface area contributed by atoms with Crippen LogP contribution in [0.5, 0.6) is 0 Å². The Bertz CT molecular complexity index is 1030. The molecule has 0 radical (unpaired) electrons. The van der Waals surface area contributed by atoms with Crippen LogP contribution in [-0.2, 0) is 9.59 Å². The van der Waals surface area contributed by atoms with Crippen molar-refractivity contribution in [3.8, 4) is 11.5 Å². The molecule has 1 aliphatic heterocycles. The van der Waals surface area contributed by atoms with Crippen molar-refractivity contribution in [1.29, 1.82) is 0 Å². The molecule has 3 aromatic rings. The van der Waals surface area contributed by atoms with Crippen molar-refractivity contribution in [2.75, 3.05) is 11.4 Å². The number of hydrogen-bond acceptors (Lipinski definition) is 4. The van der Waals surface area contributed by atoms with Gasteiger partial charge in [-0.3, -0.25) is 9.59 Å². The molecule has 0 unspecified atom stereocenters. The van der Waals surface area contributed by atoms with Crippen LogP contribution < -0.4 is 4.90 Å². The summed E-state index contributed by atoms with van der Waals surface area (Å²) < 4.78 is 5.71. The second-order valence-electron chi connectivity index (χ2n) is 6.05. The summed E-state index contributed by atoms with van der Waals surface area (Å²) in [6.45, 7) is 0.171. The number of aromatic nitrogens is 1. The summed E-state index contributed by atoms with van der Waals surface area (Å²) in [7, 11) is 0. The van der Waals surface area contributed by atoms with E-state index >= 15 is 0 Å². The van der Waals surface area contributed by atoms with Crippen LogP contribution in [-0.4, -0.2) is 28.5 Å². The number of carbonyl (C=O) groups is 2. The van der Waals surface area contributed by atoms with Crippen molar-refractivity contribution in [1.82, 2.24) is 4.98 Å². The van der Waals surface area contributed by atoms with Crippen molar-refractivity contribution >= 4 is 51.9 Å². The highest BCUT2D eigenvalue weighted by Gasteiger charge is 2.35. The molecule has 4 rings (SSSR count). The van der Waals surface area contributed by atoms with Gasteiger partial charge in [-0.15, -0.1) is 0 Å². The van der Waals surface area contributed by atoms with E-state index in [0.717, 1.165) is 0 Å². The number of hydrogen-bond donors (Lipinski definition) is 1. The van der Waals surface area contributed by atoms with E-state index < -0.39 is 11.9 Å². The van der Waals surface area contributed by atoms with Crippen LogP contribution in [0.1, 0.15) is 6.42 Å². The van der Waals surface area contributed by atoms with Gasteiger partial charge in [0.05, 0.1) is 10.9 Å². The number of anilines is 1. The second-order valence-corrected chi connectivity index (χ2v) is 6.89. The lowest BCUT2D eigenvalue weighted by molar-refractivity contribution is -0.141. The van der Waals surface area contributed by atoms with Gasteiger partial charge in [0.25, 0.3) is 0 Å². The zero-order chi connectivity index (χ0) is 18.4. The zero-order valence-corrected chi connectivity index (χ0v) is 14.8. The molecule has 1 fully saturated rings. The van der Waals surface area contributed by atoms with Gasteiger partial charge >= 0.3 is 5.97 Å². The minimum atomic E-state index is -0.959. The summed E-state index contributed by atoms with van der Waals surface area (Å²) in [5.41, 5.74) is 2.35. The first-order chi connectivity index (χ1) is 12.4. The molecule has 0 saturated carbocycles. The van der Waals surface area contributed by atoms with E-state index in [9.17, 15) is 9.59 Å². The molecule has 8 heteroatoms. The van der Waals surface area contributed by atoms with E-state index in [1.165, 1.54) is 4.90 Å². The molecule has 2 heterocycles. The SMILES string of the molecule is O=C(O)[C@H]1CC(=O)N(c2ccc(-c3nc4cc(Cl)cc(Cl)c4o3)cc2)C1. The van der Waals surface area contributed by atoms with Crippen molar-refractivity contribution in [3.05, 3.63) is 46.4 Å². The summed E-state index contributed by atoms with van der Waals surface area (Å²) in [4.78, 5) is 29.0. The number of halogens is 2. The third-order valence-corrected chi connectivity index (χ3v) is 4.81. The number of fused-ring (bicyclic) bond motifs is 1. The third-order valence-electron chi connectivity index (χ3n) is 4.31. The van der Waals surface area contributed by atoms with Crippen molar-refractivity contribution < 1.29 is 19.1 Å². The number of carboxylic acid groups (broad SMARTS) is 1. The van der Waals surface area contributed by atoms with E-state index in [1.54, 1.807) is 36.4 Å². The minimum Gasteiger partial charge on any atom is -0.481 e. The molecule has 0 spiro atoms. The summed E-state index contributed by atoms with van der Waals surface area (Å²) in [6.07, 6.45) is 0.0153. The van der Waals surface area contributed by atoms with E-state index in [4.69, 9.17) is 32.7 Å². The number of nitrogens with zero attached hydrogens (tertiary/aromatic N) is 2. The van der Waals surface area contributed by atoms with Gasteiger partial charge in [0, 0.05) is 29.2 Å². The lowest BCUT2D eigenvalue weighted by Crippen LogP contribution is -2.25. The number of amides is 1. The number of oxazole rings is 1. The summed E-state index contributed by atoms with van der Waals surface area (Å²) in [6, 6.07) is 10.2. The molecule has 0 bridgehead atoms. The van der Waals surface area contributed by atoms with Gasteiger partial charge in [-0.05, 0) is 36.4 Å². The number of benzene rings is 2. The average Bonchev–Trinajstić information content (AvgIpc) is 3.19. The molecule has 1 aromatic heterocycles. The standard InChI is InChI=1S/C18H12Cl2N2O4/c19-11-6-13(20)16-14(7-11)21-17(26-16)9-1-3-12(4-2-9)22-8-10(18(24)25)5-15(22)23/h1-4,6-7,10H,5,8H2,(H,24,25)/t10-/m0/s1. The third kappa shape index (κ3) is 2.91. The summed E-state index contributed by atoms with van der Waals surface area (Å²) >= 11 is 12.1. The Morgan fingerprint density at radius 1 is 1.23 bits per heavy atom. The van der Waals surface area contributed by atoms with Gasteiger partial charge < -0.3 is 14.4 Å². The second kappa shape index (κ2) is 6.30. The molecular formula is C18H12Cl2N2O4. The maximum atomic E-state index is 12.0. The predicted octanol–water partition coefficient (Wildman–Crippen LogP) is 4.24. The fraction of sp³-hybridized carbons (Fsp3) is 0.167. The van der Waals surface area contributed by atoms with Crippen LogP contribution in [0, 0.1) is 5.92 Å². The minimum absolute atomic E-state index is 0.0153. The fourth-order valence-electron chi connectivity index (χ4n) is 2.99. The van der Waals surface area contributed by atoms with E-state index in [-0.39, 0.29) is 18.9 Å². The van der Waals surface area contributed by atoms with Crippen molar-refractivity contribution in [3.63, 3.8) is 0 Å². The normalized spacial score (nSPS) is 17.2. The Labute approximate surface area is 157 Å². The number of aliphatic carboxylic acids is 1. The van der Waals surface area contributed by atoms with E-state index in [1.807, 2.05) is 0 Å². The first-order valence-electron chi connectivity index (χ1n) is 7.81. The highest BCUT2D eigenvalue weighted by Crippen LogP contribution is 2.33. The van der Waals surface area contributed by atoms with Crippen molar-refractivity contribution in [2.45, 2.75) is 6.42 Å². The first-order valence-corrected chi connectivity index (χ1v) is 8.57. The Morgan fingerprint density at radius 2 is 1.96 bits per heavy atom. The van der Waals surface area contributed by atoms with Crippen molar-refractivity contribution in [2.24, 2.45) is 5.92 Å². The highest BCUT2D eigenvalue weighted by molar-refractivity contribution is 6.38. The molecule has 1 saturated heterocycles. The lowest BCUT2D eigenvalue weighted by Gasteiger charge is -2.16. The summed E-state index contributed by atoms with van der Waals surface area (Å²) in [5.74, 6) is -1.45. The number of carboxylic acids is 1. The fourth-order valence-corrected chi connectivity index (χ4v) is 3.51. The molecule has 1 aliphatic rings. The monoisotopic (exact) mass is 390 g/mol. The van der Waals surface area contributed by atoms with Crippen LogP contribution in [0.2, 0.25) is 10.0 Å². The molecule has 1 amide bonds. The van der Waals surface area contributed by atoms with E-state index in [2.05, 4.69) is 4.98 Å². The van der Waals surface area contributed by atoms with Crippen LogP contribution in [0.3, 0.4) is 0 Å². The van der Waals surface area contributed by atoms with Crippen LogP contribution >= 0.6 is 23.2 Å². The Kier molecular flexibility index (Phi) is 4.09. The predicted molar refractivity (Wildman–Crippen MR) is 97.6 cm³/mol. The molecular weight excluding hydrogens is 379 g/mol. The van der Waals surface area contributed by atoms with Gasteiger partial charge in [0.15, 0.2) is 5.58 Å².